The molecule has 19 heavy (non-hydrogen) atoms. The molecule has 0 saturated carbocycles. The minimum atomic E-state index is -0.470. The fourth-order valence-electron chi connectivity index (χ4n) is 1.46. The Kier molecular flexibility index (Phi) is 4.39. The molecule has 0 aliphatic carbocycles. The summed E-state index contributed by atoms with van der Waals surface area (Å²) >= 11 is 2.98. The third kappa shape index (κ3) is 3.45. The van der Waals surface area contributed by atoms with Gasteiger partial charge in [-0.05, 0) is 29.2 Å². The van der Waals surface area contributed by atoms with E-state index in [1.165, 1.54) is 11.5 Å². The average Bonchev–Trinajstić information content (AvgIpc) is 2.85. The molecule has 4 N–H and O–H groups in total. The first-order valence-corrected chi connectivity index (χ1v) is 7.49. The number of amides is 1. The van der Waals surface area contributed by atoms with Gasteiger partial charge in [-0.1, -0.05) is 24.8 Å². The van der Waals surface area contributed by atoms with E-state index < -0.39 is 5.91 Å². The van der Waals surface area contributed by atoms with Gasteiger partial charge in [0, 0.05) is 23.4 Å². The first-order chi connectivity index (χ1) is 9.10. The quantitative estimate of drug-likeness (QED) is 0.650. The number of aryl methyl sites for hydroxylation is 1. The monoisotopic (exact) mass is 294 g/mol. The second kappa shape index (κ2) is 6.03. The summed E-state index contributed by atoms with van der Waals surface area (Å²) in [6, 6.07) is 5.12. The lowest BCUT2D eigenvalue weighted by molar-refractivity contribution is 0.100. The summed E-state index contributed by atoms with van der Waals surface area (Å²) in [7, 11) is 0. The maximum absolute atomic E-state index is 11.0. The van der Waals surface area contributed by atoms with E-state index in [0.29, 0.717) is 17.0 Å². The molecule has 0 saturated heterocycles. The van der Waals surface area contributed by atoms with Gasteiger partial charge < -0.3 is 11.5 Å². The van der Waals surface area contributed by atoms with Gasteiger partial charge in [0.05, 0.1) is 0 Å². The van der Waals surface area contributed by atoms with Crippen LogP contribution in [0.15, 0.2) is 22.5 Å². The van der Waals surface area contributed by atoms with E-state index in [9.17, 15) is 4.79 Å². The molecule has 1 amide bonds. The Hall–Kier alpha value is -1.60. The summed E-state index contributed by atoms with van der Waals surface area (Å²) in [4.78, 5) is 15.4. The number of hydrogen-bond acceptors (Lipinski definition) is 6. The van der Waals surface area contributed by atoms with Gasteiger partial charge in [-0.3, -0.25) is 4.79 Å². The van der Waals surface area contributed by atoms with Crippen molar-refractivity contribution in [1.29, 1.82) is 0 Å². The molecule has 0 aliphatic heterocycles. The highest BCUT2D eigenvalue weighted by Crippen LogP contribution is 2.27. The molecule has 0 atom stereocenters. The molecule has 1 aromatic carbocycles. The lowest BCUT2D eigenvalue weighted by atomic mass is 10.1. The van der Waals surface area contributed by atoms with E-state index in [1.807, 2.05) is 13.0 Å². The summed E-state index contributed by atoms with van der Waals surface area (Å²) < 4.78 is 5.15. The van der Waals surface area contributed by atoms with Gasteiger partial charge in [0.15, 0.2) is 4.34 Å². The van der Waals surface area contributed by atoms with Gasteiger partial charge in [-0.2, -0.15) is 4.37 Å². The molecule has 0 fully saturated rings. The van der Waals surface area contributed by atoms with Gasteiger partial charge in [-0.25, -0.2) is 4.98 Å². The summed E-state index contributed by atoms with van der Waals surface area (Å²) in [5.74, 6) is 1.09. The van der Waals surface area contributed by atoms with Crippen molar-refractivity contribution >= 4 is 34.9 Å². The average molecular weight is 294 g/mol. The molecule has 1 heterocycles. The van der Waals surface area contributed by atoms with Crippen molar-refractivity contribution < 1.29 is 4.79 Å². The number of nitrogens with two attached hydrogens (primary N) is 2. The molecular formula is C12H14N4OS2. The Balaban J connectivity index is 2.05. The number of thioether (sulfide) groups is 1. The van der Waals surface area contributed by atoms with Gasteiger partial charge in [0.1, 0.15) is 5.82 Å². The van der Waals surface area contributed by atoms with Crippen molar-refractivity contribution in [3.05, 3.63) is 35.2 Å². The highest BCUT2D eigenvalue weighted by atomic mass is 32.2. The zero-order chi connectivity index (χ0) is 13.8. The fraction of sp³-hybridized carbons (Fsp3) is 0.250. The van der Waals surface area contributed by atoms with Crippen molar-refractivity contribution in [2.45, 2.75) is 23.4 Å². The van der Waals surface area contributed by atoms with E-state index in [-0.39, 0.29) is 0 Å². The second-order valence-corrected chi connectivity index (χ2v) is 5.87. The van der Waals surface area contributed by atoms with E-state index in [2.05, 4.69) is 9.36 Å². The number of nitrogens with zero attached hydrogens (tertiary/aromatic N) is 2. The molecule has 2 rings (SSSR count). The predicted octanol–water partition coefficient (Wildman–Crippen LogP) is 2.07. The maximum atomic E-state index is 11.0. The van der Waals surface area contributed by atoms with Crippen molar-refractivity contribution in [1.82, 2.24) is 9.36 Å². The number of nitrogen functional groups attached to an aromatic ring is 1. The van der Waals surface area contributed by atoms with Crippen molar-refractivity contribution in [3.63, 3.8) is 0 Å². The van der Waals surface area contributed by atoms with Crippen molar-refractivity contribution in [3.8, 4) is 0 Å². The summed E-state index contributed by atoms with van der Waals surface area (Å²) in [6.07, 6.45) is 0.840. The Labute approximate surface area is 119 Å². The van der Waals surface area contributed by atoms with Crippen LogP contribution in [0.2, 0.25) is 0 Å². The maximum Gasteiger partial charge on any atom is 0.248 e. The smallest absolute Gasteiger partial charge is 0.248 e. The SMILES string of the molecule is CCc1nsc(SCc2ccc(C(N)=O)cc2N)n1. The van der Waals surface area contributed by atoms with Crippen LogP contribution in [0.25, 0.3) is 0 Å². The van der Waals surface area contributed by atoms with Crippen LogP contribution in [0.3, 0.4) is 0 Å². The standard InChI is InChI=1S/C12H14N4OS2/c1-2-10-15-12(19-16-10)18-6-8-4-3-7(11(14)17)5-9(8)13/h3-5H,2,6,13H2,1H3,(H2,14,17). The normalized spacial score (nSPS) is 10.6. The van der Waals surface area contributed by atoms with Gasteiger partial charge in [0.25, 0.3) is 0 Å². The number of rotatable bonds is 5. The predicted molar refractivity (Wildman–Crippen MR) is 78.2 cm³/mol. The van der Waals surface area contributed by atoms with Crippen LogP contribution in [0.4, 0.5) is 5.69 Å². The molecule has 0 spiro atoms. The Morgan fingerprint density at radius 2 is 2.26 bits per heavy atom. The lowest BCUT2D eigenvalue weighted by Gasteiger charge is -2.05. The minimum absolute atomic E-state index is 0.426. The van der Waals surface area contributed by atoms with Crippen molar-refractivity contribution in [2.75, 3.05) is 5.73 Å². The number of primary amides is 1. The van der Waals surface area contributed by atoms with Crippen LogP contribution in [0.1, 0.15) is 28.7 Å². The summed E-state index contributed by atoms with van der Waals surface area (Å²) in [6.45, 7) is 2.02. The van der Waals surface area contributed by atoms with E-state index in [1.54, 1.807) is 23.9 Å². The number of carbonyl (C=O) groups is 1. The van der Waals surface area contributed by atoms with Gasteiger partial charge in [-0.15, -0.1) is 0 Å². The lowest BCUT2D eigenvalue weighted by Crippen LogP contribution is -2.11. The Bertz CT molecular complexity index is 597. The molecule has 1 aromatic heterocycles. The molecular weight excluding hydrogens is 280 g/mol. The van der Waals surface area contributed by atoms with E-state index in [0.717, 1.165) is 22.1 Å². The number of aromatic nitrogens is 2. The largest absolute Gasteiger partial charge is 0.398 e. The molecule has 0 aliphatic rings. The molecule has 100 valence electrons. The first kappa shape index (κ1) is 13.8. The zero-order valence-electron chi connectivity index (χ0n) is 10.4. The van der Waals surface area contributed by atoms with Gasteiger partial charge >= 0.3 is 0 Å². The van der Waals surface area contributed by atoms with Crippen LogP contribution in [-0.4, -0.2) is 15.3 Å². The molecule has 2 aromatic rings. The van der Waals surface area contributed by atoms with Crippen LogP contribution >= 0.6 is 23.3 Å². The topological polar surface area (TPSA) is 94.9 Å². The molecule has 7 heteroatoms. The van der Waals surface area contributed by atoms with E-state index >= 15 is 0 Å². The molecule has 0 radical (unpaired) electrons. The van der Waals surface area contributed by atoms with Crippen LogP contribution in [0.5, 0.6) is 0 Å². The Morgan fingerprint density at radius 3 is 2.84 bits per heavy atom. The number of anilines is 1. The van der Waals surface area contributed by atoms with Gasteiger partial charge in [0.2, 0.25) is 5.91 Å². The molecule has 5 nitrogen and oxygen atoms in total. The van der Waals surface area contributed by atoms with Crippen LogP contribution < -0.4 is 11.5 Å². The number of benzene rings is 1. The highest BCUT2D eigenvalue weighted by Gasteiger charge is 2.07. The van der Waals surface area contributed by atoms with Crippen LogP contribution in [-0.2, 0) is 12.2 Å². The number of hydrogen-bond donors (Lipinski definition) is 2. The third-order valence-electron chi connectivity index (χ3n) is 2.55. The van der Waals surface area contributed by atoms with E-state index in [4.69, 9.17) is 11.5 Å². The second-order valence-electron chi connectivity index (χ2n) is 3.90. The van der Waals surface area contributed by atoms with Crippen LogP contribution in [0, 0.1) is 0 Å². The van der Waals surface area contributed by atoms with Crippen molar-refractivity contribution in [2.24, 2.45) is 5.73 Å². The third-order valence-corrected chi connectivity index (χ3v) is 4.47. The first-order valence-electron chi connectivity index (χ1n) is 5.73. The summed E-state index contributed by atoms with van der Waals surface area (Å²) in [5, 5.41) is 0. The number of carbonyl (C=O) groups excluding carboxylic acids is 1. The Morgan fingerprint density at radius 1 is 1.47 bits per heavy atom. The fourth-order valence-corrected chi connectivity index (χ4v) is 3.17. The molecule has 0 bridgehead atoms. The molecule has 0 unspecified atom stereocenters. The minimum Gasteiger partial charge on any atom is -0.398 e. The zero-order valence-corrected chi connectivity index (χ0v) is 12.1. The summed E-state index contributed by atoms with van der Waals surface area (Å²) in [5.41, 5.74) is 13.1. The highest BCUT2D eigenvalue weighted by molar-refractivity contribution is 8.00.